The number of hydrogen-bond donors (Lipinski definition) is 1. The van der Waals surface area contributed by atoms with Crippen molar-refractivity contribution in [1.29, 1.82) is 0 Å². The molecule has 3 nitrogen and oxygen atoms in total. The van der Waals surface area contributed by atoms with Crippen molar-refractivity contribution < 1.29 is 4.42 Å². The Kier molecular flexibility index (Phi) is 3.97. The zero-order valence-electron chi connectivity index (χ0n) is 9.90. The van der Waals surface area contributed by atoms with Crippen LogP contribution in [0.1, 0.15) is 19.5 Å². The quantitative estimate of drug-likeness (QED) is 0.936. The van der Waals surface area contributed by atoms with Crippen molar-refractivity contribution >= 4 is 15.9 Å². The maximum atomic E-state index is 5.46. The summed E-state index contributed by atoms with van der Waals surface area (Å²) in [6.07, 6.45) is 1.49. The van der Waals surface area contributed by atoms with Gasteiger partial charge in [-0.1, -0.05) is 41.9 Å². The Morgan fingerprint density at radius 2 is 2.00 bits per heavy atom. The number of nitrogens with one attached hydrogen (secondary N) is 1. The maximum Gasteiger partial charge on any atom is 0.181 e. The molecule has 1 N–H and O–H groups in total. The first-order valence-electron chi connectivity index (χ1n) is 5.58. The number of oxazole rings is 1. The molecule has 1 aromatic carbocycles. The Balaban J connectivity index is 2.21. The van der Waals surface area contributed by atoms with Crippen molar-refractivity contribution in [2.24, 2.45) is 0 Å². The van der Waals surface area contributed by atoms with E-state index in [-0.39, 0.29) is 0 Å². The van der Waals surface area contributed by atoms with Crippen LogP contribution in [0, 0.1) is 0 Å². The van der Waals surface area contributed by atoms with E-state index in [2.05, 4.69) is 40.1 Å². The van der Waals surface area contributed by atoms with Crippen molar-refractivity contribution in [2.45, 2.75) is 26.4 Å². The average Bonchev–Trinajstić information content (AvgIpc) is 2.75. The molecule has 2 aromatic rings. The van der Waals surface area contributed by atoms with E-state index in [9.17, 15) is 0 Å². The lowest BCUT2D eigenvalue weighted by Crippen LogP contribution is -2.22. The minimum Gasteiger partial charge on any atom is -0.443 e. The van der Waals surface area contributed by atoms with Gasteiger partial charge in [0.2, 0.25) is 0 Å². The van der Waals surface area contributed by atoms with Gasteiger partial charge in [-0.05, 0) is 12.1 Å². The van der Waals surface area contributed by atoms with E-state index in [1.165, 1.54) is 6.39 Å². The highest BCUT2D eigenvalue weighted by molar-refractivity contribution is 9.10. The molecule has 0 bridgehead atoms. The molecule has 1 aromatic heterocycles. The first-order valence-corrected chi connectivity index (χ1v) is 6.38. The fourth-order valence-corrected chi connectivity index (χ4v) is 1.80. The van der Waals surface area contributed by atoms with Gasteiger partial charge in [0.25, 0.3) is 0 Å². The summed E-state index contributed by atoms with van der Waals surface area (Å²) in [7, 11) is 0. The third-order valence-corrected chi connectivity index (χ3v) is 2.95. The zero-order chi connectivity index (χ0) is 12.3. The topological polar surface area (TPSA) is 38.1 Å². The first kappa shape index (κ1) is 12.3. The molecule has 2 rings (SSSR count). The Labute approximate surface area is 109 Å². The second-order valence-corrected chi connectivity index (χ2v) is 5.09. The number of nitrogens with zero attached hydrogens (tertiary/aromatic N) is 1. The summed E-state index contributed by atoms with van der Waals surface area (Å²) in [6, 6.07) is 8.46. The molecule has 0 aliphatic heterocycles. The summed E-state index contributed by atoms with van der Waals surface area (Å²) in [4.78, 5) is 4.25. The van der Waals surface area contributed by atoms with Crippen LogP contribution in [0.4, 0.5) is 0 Å². The summed E-state index contributed by atoms with van der Waals surface area (Å²) in [5, 5.41) is 3.34. The Bertz CT molecular complexity index is 476. The van der Waals surface area contributed by atoms with Crippen LogP contribution in [0.5, 0.6) is 0 Å². The molecular weight excluding hydrogens is 280 g/mol. The highest BCUT2D eigenvalue weighted by atomic mass is 79.9. The van der Waals surface area contributed by atoms with Crippen molar-refractivity contribution in [1.82, 2.24) is 10.3 Å². The summed E-state index contributed by atoms with van der Waals surface area (Å²) in [6.45, 7) is 4.94. The van der Waals surface area contributed by atoms with E-state index in [4.69, 9.17) is 4.42 Å². The monoisotopic (exact) mass is 294 g/mol. The predicted octanol–water partition coefficient (Wildman–Crippen LogP) is 3.60. The van der Waals surface area contributed by atoms with Crippen molar-refractivity contribution in [2.75, 3.05) is 0 Å². The molecular formula is C13H15BrN2O. The smallest absolute Gasteiger partial charge is 0.181 e. The van der Waals surface area contributed by atoms with Crippen LogP contribution in [0.25, 0.3) is 11.3 Å². The zero-order valence-corrected chi connectivity index (χ0v) is 11.5. The second-order valence-electron chi connectivity index (χ2n) is 4.17. The Hall–Kier alpha value is -1.13. The van der Waals surface area contributed by atoms with E-state index in [0.717, 1.165) is 28.0 Å². The average molecular weight is 295 g/mol. The molecule has 0 unspecified atom stereocenters. The fourth-order valence-electron chi connectivity index (χ4n) is 1.53. The molecule has 0 amide bonds. The van der Waals surface area contributed by atoms with Crippen LogP contribution in [0.2, 0.25) is 0 Å². The third-order valence-electron chi connectivity index (χ3n) is 2.43. The van der Waals surface area contributed by atoms with Gasteiger partial charge in [0, 0.05) is 22.6 Å². The summed E-state index contributed by atoms with van der Waals surface area (Å²) in [5.41, 5.74) is 1.99. The standard InChI is InChI=1S/C13H15BrN2O/c1-9(2)15-7-12-13(17-8-16-12)10-3-5-11(14)6-4-10/h3-6,8-9,15H,7H2,1-2H3. The van der Waals surface area contributed by atoms with Gasteiger partial charge < -0.3 is 9.73 Å². The van der Waals surface area contributed by atoms with Gasteiger partial charge in [-0.25, -0.2) is 4.98 Å². The lowest BCUT2D eigenvalue weighted by atomic mass is 10.1. The van der Waals surface area contributed by atoms with Gasteiger partial charge in [-0.3, -0.25) is 0 Å². The molecule has 0 fully saturated rings. The van der Waals surface area contributed by atoms with E-state index in [1.54, 1.807) is 0 Å². The molecule has 1 heterocycles. The highest BCUT2D eigenvalue weighted by Crippen LogP contribution is 2.24. The normalized spacial score (nSPS) is 11.1. The van der Waals surface area contributed by atoms with Gasteiger partial charge in [-0.15, -0.1) is 0 Å². The molecule has 90 valence electrons. The molecule has 0 aliphatic carbocycles. The summed E-state index contributed by atoms with van der Waals surface area (Å²) >= 11 is 3.42. The molecule has 0 saturated heterocycles. The van der Waals surface area contributed by atoms with Crippen LogP contribution in [0.3, 0.4) is 0 Å². The number of hydrogen-bond acceptors (Lipinski definition) is 3. The van der Waals surface area contributed by atoms with Gasteiger partial charge in [0.05, 0.1) is 0 Å². The number of benzene rings is 1. The van der Waals surface area contributed by atoms with Gasteiger partial charge in [-0.2, -0.15) is 0 Å². The van der Waals surface area contributed by atoms with Gasteiger partial charge in [0.1, 0.15) is 5.69 Å². The lowest BCUT2D eigenvalue weighted by molar-refractivity contribution is 0.563. The van der Waals surface area contributed by atoms with Crippen molar-refractivity contribution in [3.8, 4) is 11.3 Å². The first-order chi connectivity index (χ1) is 8.16. The van der Waals surface area contributed by atoms with Crippen LogP contribution in [-0.4, -0.2) is 11.0 Å². The predicted molar refractivity (Wildman–Crippen MR) is 71.6 cm³/mol. The van der Waals surface area contributed by atoms with Crippen molar-refractivity contribution in [3.05, 3.63) is 40.8 Å². The molecule has 17 heavy (non-hydrogen) atoms. The Morgan fingerprint density at radius 3 is 2.65 bits per heavy atom. The molecule has 0 spiro atoms. The van der Waals surface area contributed by atoms with E-state index in [1.807, 2.05) is 24.3 Å². The number of halogens is 1. The van der Waals surface area contributed by atoms with Crippen LogP contribution in [0.15, 0.2) is 39.5 Å². The Morgan fingerprint density at radius 1 is 1.29 bits per heavy atom. The molecule has 0 saturated carbocycles. The van der Waals surface area contributed by atoms with Crippen LogP contribution < -0.4 is 5.32 Å². The summed E-state index contributed by atoms with van der Waals surface area (Å²) in [5.74, 6) is 0.839. The fraction of sp³-hybridized carbons (Fsp3) is 0.308. The van der Waals surface area contributed by atoms with E-state index >= 15 is 0 Å². The number of aromatic nitrogens is 1. The third kappa shape index (κ3) is 3.17. The van der Waals surface area contributed by atoms with Crippen molar-refractivity contribution in [3.63, 3.8) is 0 Å². The van der Waals surface area contributed by atoms with Gasteiger partial charge >= 0.3 is 0 Å². The highest BCUT2D eigenvalue weighted by Gasteiger charge is 2.10. The van der Waals surface area contributed by atoms with E-state index < -0.39 is 0 Å². The molecule has 4 heteroatoms. The van der Waals surface area contributed by atoms with E-state index in [0.29, 0.717) is 6.04 Å². The molecule has 0 atom stereocenters. The minimum absolute atomic E-state index is 0.435. The minimum atomic E-state index is 0.435. The second kappa shape index (κ2) is 5.47. The number of rotatable bonds is 4. The summed E-state index contributed by atoms with van der Waals surface area (Å²) < 4.78 is 6.51. The van der Waals surface area contributed by atoms with Crippen LogP contribution >= 0.6 is 15.9 Å². The van der Waals surface area contributed by atoms with Gasteiger partial charge in [0.15, 0.2) is 12.2 Å². The maximum absolute atomic E-state index is 5.46. The van der Waals surface area contributed by atoms with Crippen LogP contribution in [-0.2, 0) is 6.54 Å². The lowest BCUT2D eigenvalue weighted by Gasteiger charge is -2.07. The largest absolute Gasteiger partial charge is 0.443 e. The molecule has 0 radical (unpaired) electrons. The molecule has 0 aliphatic rings. The SMILES string of the molecule is CC(C)NCc1ncoc1-c1ccc(Br)cc1.